The van der Waals surface area contributed by atoms with E-state index in [0.29, 0.717) is 0 Å². The van der Waals surface area contributed by atoms with Crippen molar-refractivity contribution < 1.29 is 4.74 Å². The van der Waals surface area contributed by atoms with Crippen LogP contribution in [0, 0.1) is 6.92 Å². The summed E-state index contributed by atoms with van der Waals surface area (Å²) in [6.45, 7) is 3.74. The summed E-state index contributed by atoms with van der Waals surface area (Å²) in [5.41, 5.74) is 9.08. The minimum Gasteiger partial charge on any atom is -0.494 e. The largest absolute Gasteiger partial charge is 0.494 e. The van der Waals surface area contributed by atoms with Crippen LogP contribution in [-0.2, 0) is 6.54 Å². The van der Waals surface area contributed by atoms with Crippen LogP contribution in [0.4, 0.5) is 5.69 Å². The van der Waals surface area contributed by atoms with Crippen molar-refractivity contribution in [3.63, 3.8) is 0 Å². The Morgan fingerprint density at radius 2 is 1.86 bits per heavy atom. The second-order valence-electron chi connectivity index (χ2n) is 5.34. The van der Waals surface area contributed by atoms with E-state index in [-0.39, 0.29) is 0 Å². The zero-order chi connectivity index (χ0) is 14.7. The van der Waals surface area contributed by atoms with E-state index in [1.54, 1.807) is 0 Å². The van der Waals surface area contributed by atoms with Crippen LogP contribution in [0.25, 0.3) is 10.9 Å². The van der Waals surface area contributed by atoms with Crippen LogP contribution in [0.2, 0.25) is 0 Å². The summed E-state index contributed by atoms with van der Waals surface area (Å²) in [5.74, 6) is 0.936. The number of nitrogens with two attached hydrogens (primary N) is 1. The number of nitrogens with zero attached hydrogens (tertiary/aromatic N) is 1. The number of aryl methyl sites for hydroxylation is 2. The van der Waals surface area contributed by atoms with Gasteiger partial charge in [0.1, 0.15) is 5.75 Å². The molecule has 0 unspecified atom stereocenters. The van der Waals surface area contributed by atoms with Gasteiger partial charge < -0.3 is 15.0 Å². The lowest BCUT2D eigenvalue weighted by atomic mass is 10.2. The van der Waals surface area contributed by atoms with Gasteiger partial charge in [-0.05, 0) is 49.7 Å². The van der Waals surface area contributed by atoms with Gasteiger partial charge in [0.25, 0.3) is 0 Å². The van der Waals surface area contributed by atoms with Crippen LogP contribution in [0.1, 0.15) is 12.0 Å². The van der Waals surface area contributed by atoms with Crippen LogP contribution in [0.5, 0.6) is 5.75 Å². The molecular weight excluding hydrogens is 260 g/mol. The van der Waals surface area contributed by atoms with Crippen molar-refractivity contribution in [3.05, 3.63) is 60.3 Å². The molecule has 0 spiro atoms. The van der Waals surface area contributed by atoms with Gasteiger partial charge in [0, 0.05) is 29.3 Å². The fourth-order valence-corrected chi connectivity index (χ4v) is 2.47. The molecule has 0 amide bonds. The molecule has 0 saturated carbocycles. The maximum atomic E-state index is 5.80. The van der Waals surface area contributed by atoms with Crippen molar-refractivity contribution in [3.8, 4) is 5.75 Å². The van der Waals surface area contributed by atoms with Crippen molar-refractivity contribution in [2.75, 3.05) is 12.3 Å². The number of benzene rings is 2. The number of ether oxygens (including phenoxy) is 1. The molecular formula is C18H20N2O. The monoisotopic (exact) mass is 280 g/mol. The van der Waals surface area contributed by atoms with Crippen molar-refractivity contribution >= 4 is 16.6 Å². The Labute approximate surface area is 125 Å². The number of rotatable bonds is 5. The lowest BCUT2D eigenvalue weighted by molar-refractivity contribution is 0.302. The predicted molar refractivity (Wildman–Crippen MR) is 87.6 cm³/mol. The highest BCUT2D eigenvalue weighted by Gasteiger charge is 2.01. The van der Waals surface area contributed by atoms with E-state index in [2.05, 4.69) is 42.0 Å². The third-order valence-corrected chi connectivity index (χ3v) is 3.63. The van der Waals surface area contributed by atoms with Crippen molar-refractivity contribution in [2.24, 2.45) is 0 Å². The van der Waals surface area contributed by atoms with Crippen LogP contribution in [-0.4, -0.2) is 11.2 Å². The van der Waals surface area contributed by atoms with Crippen LogP contribution < -0.4 is 10.5 Å². The molecule has 108 valence electrons. The Hall–Kier alpha value is -2.42. The minimum atomic E-state index is 0.720. The minimum absolute atomic E-state index is 0.720. The van der Waals surface area contributed by atoms with E-state index in [1.165, 1.54) is 16.5 Å². The first-order valence-electron chi connectivity index (χ1n) is 7.26. The quantitative estimate of drug-likeness (QED) is 0.567. The first-order chi connectivity index (χ1) is 10.2. The average molecular weight is 280 g/mol. The summed E-state index contributed by atoms with van der Waals surface area (Å²) in [4.78, 5) is 0. The zero-order valence-electron chi connectivity index (χ0n) is 12.3. The van der Waals surface area contributed by atoms with E-state index in [1.807, 2.05) is 24.3 Å². The van der Waals surface area contributed by atoms with E-state index in [9.17, 15) is 0 Å². The van der Waals surface area contributed by atoms with E-state index in [4.69, 9.17) is 10.5 Å². The van der Waals surface area contributed by atoms with Gasteiger partial charge in [0.2, 0.25) is 0 Å². The Bertz CT molecular complexity index is 729. The summed E-state index contributed by atoms with van der Waals surface area (Å²) in [6.07, 6.45) is 3.08. The molecule has 0 aliphatic rings. The SMILES string of the molecule is Cc1ccc(OCCCn2ccc3cc(N)ccc32)cc1. The molecule has 0 bridgehead atoms. The highest BCUT2D eigenvalue weighted by atomic mass is 16.5. The molecule has 1 heterocycles. The smallest absolute Gasteiger partial charge is 0.119 e. The van der Waals surface area contributed by atoms with Gasteiger partial charge in [0.05, 0.1) is 6.61 Å². The average Bonchev–Trinajstić information content (AvgIpc) is 2.87. The molecule has 0 aliphatic carbocycles. The predicted octanol–water partition coefficient (Wildman–Crippen LogP) is 4.00. The van der Waals surface area contributed by atoms with Crippen LogP contribution >= 0.6 is 0 Å². The number of hydrogen-bond donors (Lipinski definition) is 1. The number of nitrogen functional groups attached to an aromatic ring is 1. The topological polar surface area (TPSA) is 40.2 Å². The molecule has 0 radical (unpaired) electrons. The Morgan fingerprint density at radius 3 is 2.67 bits per heavy atom. The molecule has 0 saturated heterocycles. The van der Waals surface area contributed by atoms with Gasteiger partial charge in [-0.1, -0.05) is 17.7 Å². The second-order valence-corrected chi connectivity index (χ2v) is 5.34. The van der Waals surface area contributed by atoms with Gasteiger partial charge >= 0.3 is 0 Å². The van der Waals surface area contributed by atoms with Gasteiger partial charge in [-0.2, -0.15) is 0 Å². The second kappa shape index (κ2) is 5.92. The molecule has 2 aromatic carbocycles. The van der Waals surface area contributed by atoms with Crippen molar-refractivity contribution in [1.29, 1.82) is 0 Å². The Balaban J connectivity index is 1.56. The highest BCUT2D eigenvalue weighted by molar-refractivity contribution is 5.83. The van der Waals surface area contributed by atoms with Gasteiger partial charge in [-0.25, -0.2) is 0 Å². The summed E-state index contributed by atoms with van der Waals surface area (Å²) < 4.78 is 8.00. The summed E-state index contributed by atoms with van der Waals surface area (Å²) in [6, 6.07) is 16.3. The maximum absolute atomic E-state index is 5.80. The van der Waals surface area contributed by atoms with E-state index >= 15 is 0 Å². The molecule has 3 heteroatoms. The number of fused-ring (bicyclic) bond motifs is 1. The van der Waals surface area contributed by atoms with Crippen LogP contribution in [0.3, 0.4) is 0 Å². The number of hydrogen-bond acceptors (Lipinski definition) is 2. The Morgan fingerprint density at radius 1 is 1.05 bits per heavy atom. The Kier molecular flexibility index (Phi) is 3.82. The van der Waals surface area contributed by atoms with Gasteiger partial charge in [0.15, 0.2) is 0 Å². The molecule has 1 aromatic heterocycles. The maximum Gasteiger partial charge on any atom is 0.119 e. The van der Waals surface area contributed by atoms with Gasteiger partial charge in [-0.15, -0.1) is 0 Å². The highest BCUT2D eigenvalue weighted by Crippen LogP contribution is 2.19. The third kappa shape index (κ3) is 3.19. The number of aromatic nitrogens is 1. The van der Waals surface area contributed by atoms with E-state index < -0.39 is 0 Å². The van der Waals surface area contributed by atoms with Gasteiger partial charge in [-0.3, -0.25) is 0 Å². The third-order valence-electron chi connectivity index (χ3n) is 3.63. The summed E-state index contributed by atoms with van der Waals surface area (Å²) in [5, 5.41) is 1.19. The molecule has 3 nitrogen and oxygen atoms in total. The fraction of sp³-hybridized carbons (Fsp3) is 0.222. The lowest BCUT2D eigenvalue weighted by Gasteiger charge is -2.08. The fourth-order valence-electron chi connectivity index (χ4n) is 2.47. The normalized spacial score (nSPS) is 10.9. The molecule has 3 rings (SSSR count). The first-order valence-corrected chi connectivity index (χ1v) is 7.26. The number of anilines is 1. The standard InChI is InChI=1S/C18H20N2O/c1-14-3-6-17(7-4-14)21-12-2-10-20-11-9-15-13-16(19)5-8-18(15)20/h3-9,11,13H,2,10,12,19H2,1H3. The molecule has 3 aromatic rings. The molecule has 0 aliphatic heterocycles. The zero-order valence-corrected chi connectivity index (χ0v) is 12.3. The molecule has 21 heavy (non-hydrogen) atoms. The van der Waals surface area contributed by atoms with E-state index in [0.717, 1.165) is 31.0 Å². The molecule has 0 atom stereocenters. The van der Waals surface area contributed by atoms with Crippen molar-refractivity contribution in [1.82, 2.24) is 4.57 Å². The first kappa shape index (κ1) is 13.6. The summed E-state index contributed by atoms with van der Waals surface area (Å²) >= 11 is 0. The molecule has 2 N–H and O–H groups in total. The molecule has 0 fully saturated rings. The van der Waals surface area contributed by atoms with Crippen molar-refractivity contribution in [2.45, 2.75) is 19.9 Å². The van der Waals surface area contributed by atoms with Crippen LogP contribution in [0.15, 0.2) is 54.7 Å². The summed E-state index contributed by atoms with van der Waals surface area (Å²) in [7, 11) is 0. The lowest BCUT2D eigenvalue weighted by Crippen LogP contribution is -2.03.